The van der Waals surface area contributed by atoms with Crippen LogP contribution in [0.3, 0.4) is 0 Å². The molecule has 0 heterocycles. The first-order valence-corrected chi connectivity index (χ1v) is 9.17. The third kappa shape index (κ3) is 8.88. The highest BCUT2D eigenvalue weighted by Crippen LogP contribution is 2.38. The molecule has 0 spiro atoms. The highest BCUT2D eigenvalue weighted by atomic mass is 16.7. The molecule has 5 heteroatoms. The van der Waals surface area contributed by atoms with Crippen LogP contribution in [0.15, 0.2) is 0 Å². The molecule has 0 saturated heterocycles. The summed E-state index contributed by atoms with van der Waals surface area (Å²) in [6, 6.07) is 0. The van der Waals surface area contributed by atoms with Crippen molar-refractivity contribution >= 4 is 6.16 Å². The molecule has 0 bridgehead atoms. The molecule has 5 nitrogen and oxygen atoms in total. The number of rotatable bonds is 12. The van der Waals surface area contributed by atoms with Gasteiger partial charge in [0.25, 0.3) is 0 Å². The smallest absolute Gasteiger partial charge is 0.434 e. The number of unbranched alkanes of at least 4 members (excludes halogenated alkanes) is 1. The number of ether oxygens (including phenoxy) is 3. The van der Waals surface area contributed by atoms with E-state index in [4.69, 9.17) is 19.9 Å². The van der Waals surface area contributed by atoms with Gasteiger partial charge in [0, 0.05) is 6.42 Å². The molecule has 0 aliphatic rings. The van der Waals surface area contributed by atoms with E-state index >= 15 is 0 Å². The molecule has 0 radical (unpaired) electrons. The van der Waals surface area contributed by atoms with Crippen LogP contribution in [0, 0.1) is 5.41 Å². The third-order valence-electron chi connectivity index (χ3n) is 4.85. The van der Waals surface area contributed by atoms with Gasteiger partial charge >= 0.3 is 6.16 Å². The Balaban J connectivity index is 4.25. The maximum atomic E-state index is 11.7. The predicted molar refractivity (Wildman–Crippen MR) is 98.1 cm³/mol. The fourth-order valence-electron chi connectivity index (χ4n) is 2.38. The Labute approximate surface area is 148 Å². The van der Waals surface area contributed by atoms with Crippen molar-refractivity contribution in [3.63, 3.8) is 0 Å². The van der Waals surface area contributed by atoms with Crippen LogP contribution >= 0.6 is 0 Å². The van der Waals surface area contributed by atoms with Gasteiger partial charge in [-0.25, -0.2) is 4.79 Å². The maximum absolute atomic E-state index is 11.7. The van der Waals surface area contributed by atoms with Crippen molar-refractivity contribution in [3.8, 4) is 0 Å². The third-order valence-corrected chi connectivity index (χ3v) is 4.85. The summed E-state index contributed by atoms with van der Waals surface area (Å²) < 4.78 is 16.6. The van der Waals surface area contributed by atoms with E-state index in [1.54, 1.807) is 0 Å². The molecule has 24 heavy (non-hydrogen) atoms. The Morgan fingerprint density at radius 3 is 2.12 bits per heavy atom. The van der Waals surface area contributed by atoms with Crippen molar-refractivity contribution in [2.75, 3.05) is 19.8 Å². The van der Waals surface area contributed by atoms with Crippen LogP contribution in [0.5, 0.6) is 0 Å². The van der Waals surface area contributed by atoms with Crippen molar-refractivity contribution in [1.82, 2.24) is 0 Å². The second kappa shape index (κ2) is 10.2. The van der Waals surface area contributed by atoms with Crippen LogP contribution in [0.1, 0.15) is 80.6 Å². The monoisotopic (exact) mass is 345 g/mol. The van der Waals surface area contributed by atoms with E-state index < -0.39 is 11.8 Å². The molecule has 144 valence electrons. The van der Waals surface area contributed by atoms with Crippen LogP contribution in [-0.2, 0) is 14.2 Å². The van der Waals surface area contributed by atoms with Crippen molar-refractivity contribution < 1.29 is 19.0 Å². The number of nitrogens with two attached hydrogens (primary N) is 1. The molecule has 0 aromatic heterocycles. The molecule has 2 N–H and O–H groups in total. The Morgan fingerprint density at radius 2 is 1.58 bits per heavy atom. The highest BCUT2D eigenvalue weighted by Gasteiger charge is 2.37. The largest absolute Gasteiger partial charge is 0.508 e. The average Bonchev–Trinajstić information content (AvgIpc) is 2.42. The van der Waals surface area contributed by atoms with Crippen LogP contribution in [-0.4, -0.2) is 37.1 Å². The molecular formula is C19H39NO4. The average molecular weight is 346 g/mol. The minimum atomic E-state index is -0.623. The lowest BCUT2D eigenvalue weighted by Gasteiger charge is -2.42. The number of hydrogen-bond donors (Lipinski definition) is 1. The Hall–Kier alpha value is -0.810. The van der Waals surface area contributed by atoms with Gasteiger partial charge in [-0.3, -0.25) is 0 Å². The van der Waals surface area contributed by atoms with E-state index in [0.29, 0.717) is 26.2 Å². The van der Waals surface area contributed by atoms with E-state index in [1.807, 2.05) is 13.8 Å². The van der Waals surface area contributed by atoms with Gasteiger partial charge in [-0.1, -0.05) is 27.2 Å². The van der Waals surface area contributed by atoms with Gasteiger partial charge in [0.1, 0.15) is 5.60 Å². The second-order valence-electron chi connectivity index (χ2n) is 8.20. The summed E-state index contributed by atoms with van der Waals surface area (Å²) in [6.07, 6.45) is 3.83. The summed E-state index contributed by atoms with van der Waals surface area (Å²) in [5.41, 5.74) is 4.64. The van der Waals surface area contributed by atoms with E-state index in [0.717, 1.165) is 25.7 Å². The predicted octanol–water partition coefficient (Wildman–Crippen LogP) is 4.67. The summed E-state index contributed by atoms with van der Waals surface area (Å²) >= 11 is 0. The minimum absolute atomic E-state index is 0.0919. The molecule has 0 aliphatic heterocycles. The van der Waals surface area contributed by atoms with E-state index in [1.165, 1.54) is 0 Å². The van der Waals surface area contributed by atoms with Gasteiger partial charge in [0.15, 0.2) is 0 Å². The quantitative estimate of drug-likeness (QED) is 0.411. The molecule has 0 unspecified atom stereocenters. The molecular weight excluding hydrogens is 306 g/mol. The first kappa shape index (κ1) is 23.2. The maximum Gasteiger partial charge on any atom is 0.508 e. The number of carbonyl (C=O) groups excluding carboxylic acids is 1. The fraction of sp³-hybridized carbons (Fsp3) is 0.947. The van der Waals surface area contributed by atoms with Crippen molar-refractivity contribution in [3.05, 3.63) is 0 Å². The Kier molecular flexibility index (Phi) is 9.90. The summed E-state index contributed by atoms with van der Waals surface area (Å²) in [5, 5.41) is 0. The highest BCUT2D eigenvalue weighted by molar-refractivity contribution is 5.60. The van der Waals surface area contributed by atoms with Crippen LogP contribution < -0.4 is 5.73 Å². The molecule has 0 aromatic rings. The summed E-state index contributed by atoms with van der Waals surface area (Å²) in [6.45, 7) is 16.1. The summed E-state index contributed by atoms with van der Waals surface area (Å²) in [4.78, 5) is 11.7. The zero-order chi connectivity index (χ0) is 18.9. The number of carbonyl (C=O) groups is 1. The lowest BCUT2D eigenvalue weighted by Crippen LogP contribution is -2.42. The summed E-state index contributed by atoms with van der Waals surface area (Å²) in [5.74, 6) is 0. The fourth-order valence-corrected chi connectivity index (χ4v) is 2.38. The van der Waals surface area contributed by atoms with E-state index in [2.05, 4.69) is 34.6 Å². The van der Waals surface area contributed by atoms with Gasteiger partial charge in [0.2, 0.25) is 0 Å². The first-order valence-electron chi connectivity index (χ1n) is 9.17. The Morgan fingerprint density at radius 1 is 0.958 bits per heavy atom. The normalized spacial score (nSPS) is 13.0. The van der Waals surface area contributed by atoms with Gasteiger partial charge in [0.05, 0.1) is 18.8 Å². The zero-order valence-electron chi connectivity index (χ0n) is 16.9. The SMILES string of the molecule is CCCC(C)(C)C(C)(C)OCCC(C)(C)OC(=O)OCCCCN. The lowest BCUT2D eigenvalue weighted by atomic mass is 9.74. The van der Waals surface area contributed by atoms with Gasteiger partial charge in [-0.2, -0.15) is 0 Å². The van der Waals surface area contributed by atoms with Gasteiger partial charge in [-0.15, -0.1) is 0 Å². The number of hydrogen-bond acceptors (Lipinski definition) is 5. The van der Waals surface area contributed by atoms with Crippen molar-refractivity contribution in [1.29, 1.82) is 0 Å². The van der Waals surface area contributed by atoms with Gasteiger partial charge in [-0.05, 0) is 58.9 Å². The van der Waals surface area contributed by atoms with Gasteiger partial charge < -0.3 is 19.9 Å². The molecule has 0 aliphatic carbocycles. The molecule has 0 rings (SSSR count). The lowest BCUT2D eigenvalue weighted by molar-refractivity contribution is -0.116. The Bertz CT molecular complexity index is 364. The second-order valence-corrected chi connectivity index (χ2v) is 8.20. The van der Waals surface area contributed by atoms with Crippen LogP contribution in [0.4, 0.5) is 4.79 Å². The summed E-state index contributed by atoms with van der Waals surface area (Å²) in [7, 11) is 0. The van der Waals surface area contributed by atoms with E-state index in [-0.39, 0.29) is 11.0 Å². The van der Waals surface area contributed by atoms with Crippen molar-refractivity contribution in [2.45, 2.75) is 91.8 Å². The molecule has 0 saturated carbocycles. The molecule has 0 atom stereocenters. The first-order chi connectivity index (χ1) is 11.0. The molecule has 0 aromatic carbocycles. The topological polar surface area (TPSA) is 70.8 Å². The van der Waals surface area contributed by atoms with Crippen LogP contribution in [0.25, 0.3) is 0 Å². The van der Waals surface area contributed by atoms with Crippen LogP contribution in [0.2, 0.25) is 0 Å². The zero-order valence-corrected chi connectivity index (χ0v) is 16.9. The van der Waals surface area contributed by atoms with Crippen molar-refractivity contribution in [2.24, 2.45) is 11.1 Å². The van der Waals surface area contributed by atoms with E-state index in [9.17, 15) is 4.79 Å². The minimum Gasteiger partial charge on any atom is -0.434 e. The molecule has 0 fully saturated rings. The standard InChI is InChI=1S/C19H39NO4/c1-8-11-17(2,3)19(6,7)23-15-12-18(4,5)24-16(21)22-14-10-9-13-20/h8-15,20H2,1-7H3. The molecule has 0 amide bonds.